The van der Waals surface area contributed by atoms with E-state index in [0.29, 0.717) is 37.0 Å². The Morgan fingerprint density at radius 3 is 2.41 bits per heavy atom. The summed E-state index contributed by atoms with van der Waals surface area (Å²) in [6, 6.07) is 10.4. The topological polar surface area (TPSA) is 75.7 Å². The lowest BCUT2D eigenvalue weighted by molar-refractivity contribution is -0.124. The number of piperidine rings is 1. The number of benzene rings is 1. The molecule has 3 rings (SSSR count). The van der Waals surface area contributed by atoms with E-state index < -0.39 is 5.97 Å². The van der Waals surface area contributed by atoms with Crippen LogP contribution in [0.5, 0.6) is 0 Å². The van der Waals surface area contributed by atoms with Crippen LogP contribution < -0.4 is 5.32 Å². The fraction of sp³-hybridized carbons (Fsp3) is 0.409. The van der Waals surface area contributed by atoms with Crippen molar-refractivity contribution in [1.82, 2.24) is 10.2 Å². The smallest absolute Gasteiger partial charge is 0.339 e. The Morgan fingerprint density at radius 2 is 1.76 bits per heavy atom. The number of amides is 2. The van der Waals surface area contributed by atoms with E-state index in [2.05, 4.69) is 19.2 Å². The summed E-state index contributed by atoms with van der Waals surface area (Å²) in [7, 11) is 0. The summed E-state index contributed by atoms with van der Waals surface area (Å²) in [4.78, 5) is 40.4. The number of carbonyl (C=O) groups is 3. The van der Waals surface area contributed by atoms with Gasteiger partial charge in [-0.25, -0.2) is 4.79 Å². The van der Waals surface area contributed by atoms with Gasteiger partial charge in [-0.3, -0.25) is 9.59 Å². The quantitative estimate of drug-likeness (QED) is 0.736. The number of ether oxygens (including phenoxy) is 1. The van der Waals surface area contributed by atoms with Gasteiger partial charge in [0.2, 0.25) is 0 Å². The van der Waals surface area contributed by atoms with E-state index in [1.807, 2.05) is 17.5 Å². The third-order valence-corrected chi connectivity index (χ3v) is 5.78. The fourth-order valence-corrected chi connectivity index (χ4v) is 4.35. The summed E-state index contributed by atoms with van der Waals surface area (Å²) in [5.41, 5.74) is 0.507. The Hall–Kier alpha value is -2.67. The van der Waals surface area contributed by atoms with Crippen LogP contribution in [0.3, 0.4) is 0 Å². The van der Waals surface area contributed by atoms with Crippen molar-refractivity contribution in [3.8, 4) is 0 Å². The standard InChI is InChI=1S/C22H26N2O4S/c1-15-10-16(2)13-24(12-15)21(26)18-7-3-4-8-19(18)22(27)28-14-20(25)23-11-17-6-5-9-29-17/h3-9,15-16H,10-14H2,1-2H3,(H,23,25)/t15-,16-/m1/s1. The van der Waals surface area contributed by atoms with Crippen LogP contribution in [0.1, 0.15) is 45.9 Å². The molecule has 1 aromatic carbocycles. The van der Waals surface area contributed by atoms with Crippen LogP contribution in [0.25, 0.3) is 0 Å². The zero-order valence-electron chi connectivity index (χ0n) is 16.7. The molecule has 1 aliphatic rings. The number of hydrogen-bond acceptors (Lipinski definition) is 5. The lowest BCUT2D eigenvalue weighted by atomic mass is 9.91. The second kappa shape index (κ2) is 9.69. The molecule has 0 radical (unpaired) electrons. The first-order valence-corrected chi connectivity index (χ1v) is 10.7. The molecule has 0 aliphatic carbocycles. The minimum Gasteiger partial charge on any atom is -0.452 e. The number of esters is 1. The summed E-state index contributed by atoms with van der Waals surface area (Å²) in [6.07, 6.45) is 1.09. The molecule has 0 spiro atoms. The van der Waals surface area contributed by atoms with Crippen molar-refractivity contribution in [2.24, 2.45) is 11.8 Å². The van der Waals surface area contributed by atoms with Crippen molar-refractivity contribution in [2.45, 2.75) is 26.8 Å². The maximum absolute atomic E-state index is 13.0. The molecule has 1 fully saturated rings. The minimum atomic E-state index is -0.668. The highest BCUT2D eigenvalue weighted by Crippen LogP contribution is 2.23. The Morgan fingerprint density at radius 1 is 1.07 bits per heavy atom. The van der Waals surface area contributed by atoms with Crippen LogP contribution in [-0.4, -0.2) is 42.4 Å². The van der Waals surface area contributed by atoms with Gasteiger partial charge in [-0.1, -0.05) is 32.0 Å². The van der Waals surface area contributed by atoms with Crippen molar-refractivity contribution < 1.29 is 19.1 Å². The molecule has 1 saturated heterocycles. The van der Waals surface area contributed by atoms with Crippen LogP contribution in [-0.2, 0) is 16.1 Å². The Labute approximate surface area is 174 Å². The average molecular weight is 415 g/mol. The van der Waals surface area contributed by atoms with E-state index in [1.165, 1.54) is 0 Å². The number of rotatable bonds is 6. The lowest BCUT2D eigenvalue weighted by Gasteiger charge is -2.35. The van der Waals surface area contributed by atoms with E-state index in [-0.39, 0.29) is 24.0 Å². The van der Waals surface area contributed by atoms with E-state index in [4.69, 9.17) is 4.74 Å². The van der Waals surface area contributed by atoms with Crippen molar-refractivity contribution >= 4 is 29.1 Å². The fourth-order valence-electron chi connectivity index (χ4n) is 3.71. The summed E-state index contributed by atoms with van der Waals surface area (Å²) in [5.74, 6) is -0.367. The molecule has 0 saturated carbocycles. The number of thiophene rings is 1. The van der Waals surface area contributed by atoms with Gasteiger partial charge in [0.1, 0.15) is 0 Å². The number of hydrogen-bond donors (Lipinski definition) is 1. The SMILES string of the molecule is C[C@@H]1C[C@@H](C)CN(C(=O)c2ccccc2C(=O)OCC(=O)NCc2cccs2)C1. The van der Waals surface area contributed by atoms with Gasteiger partial charge < -0.3 is 15.0 Å². The molecule has 1 N–H and O–H groups in total. The Bertz CT molecular complexity index is 855. The summed E-state index contributed by atoms with van der Waals surface area (Å²) in [6.45, 7) is 5.63. The molecule has 1 aliphatic heterocycles. The van der Waals surface area contributed by atoms with Gasteiger partial charge in [-0.05, 0) is 41.8 Å². The number of nitrogens with zero attached hydrogens (tertiary/aromatic N) is 1. The van der Waals surface area contributed by atoms with Crippen molar-refractivity contribution in [3.63, 3.8) is 0 Å². The number of likely N-dealkylation sites (tertiary alicyclic amines) is 1. The van der Waals surface area contributed by atoms with Crippen LogP contribution in [0, 0.1) is 11.8 Å². The zero-order valence-corrected chi connectivity index (χ0v) is 17.5. The lowest BCUT2D eigenvalue weighted by Crippen LogP contribution is -2.43. The van der Waals surface area contributed by atoms with Crippen LogP contribution in [0.15, 0.2) is 41.8 Å². The molecule has 2 atom stereocenters. The van der Waals surface area contributed by atoms with Gasteiger partial charge in [0.05, 0.1) is 17.7 Å². The third-order valence-electron chi connectivity index (χ3n) is 4.91. The highest BCUT2D eigenvalue weighted by Gasteiger charge is 2.28. The zero-order chi connectivity index (χ0) is 20.8. The molecule has 0 bridgehead atoms. The Balaban J connectivity index is 1.61. The van der Waals surface area contributed by atoms with Crippen LogP contribution >= 0.6 is 11.3 Å². The molecule has 2 heterocycles. The highest BCUT2D eigenvalue weighted by molar-refractivity contribution is 7.09. The van der Waals surface area contributed by atoms with E-state index in [9.17, 15) is 14.4 Å². The Kier molecular flexibility index (Phi) is 7.04. The first-order chi connectivity index (χ1) is 13.9. The van der Waals surface area contributed by atoms with Gasteiger partial charge in [-0.2, -0.15) is 0 Å². The van der Waals surface area contributed by atoms with Gasteiger partial charge in [0.25, 0.3) is 11.8 Å². The maximum Gasteiger partial charge on any atom is 0.339 e. The van der Waals surface area contributed by atoms with Gasteiger partial charge in [0, 0.05) is 18.0 Å². The summed E-state index contributed by atoms with van der Waals surface area (Å²) in [5, 5.41) is 4.64. The number of nitrogens with one attached hydrogen (secondary N) is 1. The first kappa shape index (κ1) is 21.0. The largest absolute Gasteiger partial charge is 0.452 e. The second-order valence-electron chi connectivity index (χ2n) is 7.63. The predicted octanol–water partition coefficient (Wildman–Crippen LogP) is 3.34. The van der Waals surface area contributed by atoms with Crippen LogP contribution in [0.4, 0.5) is 0 Å². The van der Waals surface area contributed by atoms with E-state index in [0.717, 1.165) is 11.3 Å². The highest BCUT2D eigenvalue weighted by atomic mass is 32.1. The molecule has 2 amide bonds. The summed E-state index contributed by atoms with van der Waals surface area (Å²) < 4.78 is 5.16. The maximum atomic E-state index is 13.0. The van der Waals surface area contributed by atoms with Gasteiger partial charge in [-0.15, -0.1) is 11.3 Å². The third kappa shape index (κ3) is 5.67. The number of carbonyl (C=O) groups excluding carboxylic acids is 3. The molecular formula is C22H26N2O4S. The molecule has 2 aromatic rings. The van der Waals surface area contributed by atoms with Gasteiger partial charge >= 0.3 is 5.97 Å². The van der Waals surface area contributed by atoms with E-state index in [1.54, 1.807) is 40.5 Å². The van der Waals surface area contributed by atoms with Gasteiger partial charge in [0.15, 0.2) is 6.61 Å². The second-order valence-corrected chi connectivity index (χ2v) is 8.67. The van der Waals surface area contributed by atoms with E-state index >= 15 is 0 Å². The molecule has 154 valence electrons. The predicted molar refractivity (Wildman–Crippen MR) is 112 cm³/mol. The molecule has 6 nitrogen and oxygen atoms in total. The van der Waals surface area contributed by atoms with Crippen LogP contribution in [0.2, 0.25) is 0 Å². The molecule has 7 heteroatoms. The molecular weight excluding hydrogens is 388 g/mol. The average Bonchev–Trinajstić information content (AvgIpc) is 3.23. The molecule has 29 heavy (non-hydrogen) atoms. The van der Waals surface area contributed by atoms with Crippen molar-refractivity contribution in [2.75, 3.05) is 19.7 Å². The van der Waals surface area contributed by atoms with Crippen molar-refractivity contribution in [3.05, 3.63) is 57.8 Å². The van der Waals surface area contributed by atoms with Crippen molar-refractivity contribution in [1.29, 1.82) is 0 Å². The minimum absolute atomic E-state index is 0.168. The molecule has 1 aromatic heterocycles. The summed E-state index contributed by atoms with van der Waals surface area (Å²) >= 11 is 1.54. The monoisotopic (exact) mass is 414 g/mol. The molecule has 0 unspecified atom stereocenters. The first-order valence-electron chi connectivity index (χ1n) is 9.78. The normalized spacial score (nSPS) is 18.9.